The van der Waals surface area contributed by atoms with Crippen molar-refractivity contribution >= 4 is 29.4 Å². The Bertz CT molecular complexity index is 556. The molecule has 5 nitrogen and oxygen atoms in total. The summed E-state index contributed by atoms with van der Waals surface area (Å²) in [5.41, 5.74) is -4.27. The predicted molar refractivity (Wildman–Crippen MR) is 58.5 cm³/mol. The molecule has 1 aromatic rings. The molecule has 0 aromatic heterocycles. The van der Waals surface area contributed by atoms with E-state index in [0.717, 1.165) is 0 Å². The quantitative estimate of drug-likeness (QED) is 0.281. The normalized spacial score (nSPS) is 11.2. The fourth-order valence-electron chi connectivity index (χ4n) is 1.46. The summed E-state index contributed by atoms with van der Waals surface area (Å²) < 4.78 is 38.4. The van der Waals surface area contributed by atoms with Gasteiger partial charge < -0.3 is 0 Å². The smallest absolute Gasteiger partial charge is 0.298 e. The maximum absolute atomic E-state index is 12.8. The molecule has 102 valence electrons. The zero-order chi connectivity index (χ0) is 14.8. The van der Waals surface area contributed by atoms with E-state index in [1.165, 1.54) is 0 Å². The van der Waals surface area contributed by atoms with E-state index in [4.69, 9.17) is 11.6 Å². The molecule has 0 spiro atoms. The molecule has 0 N–H and O–H groups in total. The second-order valence-electron chi connectivity index (χ2n) is 3.39. The number of carbonyl (C=O) groups excluding carboxylic acids is 2. The van der Waals surface area contributed by atoms with Crippen LogP contribution in [0.15, 0.2) is 12.1 Å². The molecule has 1 rings (SSSR count). The highest BCUT2D eigenvalue weighted by atomic mass is 35.5. The molecule has 1 aromatic carbocycles. The van der Waals surface area contributed by atoms with Crippen LogP contribution in [-0.4, -0.2) is 22.9 Å². The van der Waals surface area contributed by atoms with Gasteiger partial charge in [0.25, 0.3) is 5.69 Å². The number of alkyl halides is 4. The summed E-state index contributed by atoms with van der Waals surface area (Å²) in [5.74, 6) is -1.94. The molecule has 0 heterocycles. The Kier molecular flexibility index (Phi) is 4.25. The number of benzene rings is 1. The number of halogens is 4. The van der Waals surface area contributed by atoms with Gasteiger partial charge in [-0.3, -0.25) is 19.7 Å². The Morgan fingerprint density at radius 1 is 1.42 bits per heavy atom. The third-order valence-electron chi connectivity index (χ3n) is 2.20. The number of Topliss-reactive ketones (excluding diaryl/α,β-unsaturated/α-hetero) is 1. The minimum absolute atomic E-state index is 0.194. The van der Waals surface area contributed by atoms with Crippen LogP contribution in [0.4, 0.5) is 18.9 Å². The van der Waals surface area contributed by atoms with Gasteiger partial charge in [0.05, 0.1) is 16.4 Å². The van der Waals surface area contributed by atoms with E-state index < -0.39 is 45.1 Å². The lowest BCUT2D eigenvalue weighted by Gasteiger charge is -2.13. The van der Waals surface area contributed by atoms with Crippen molar-refractivity contribution in [2.45, 2.75) is 6.18 Å². The number of hydrogen-bond acceptors (Lipinski definition) is 4. The van der Waals surface area contributed by atoms with Crippen LogP contribution in [0.2, 0.25) is 0 Å². The Morgan fingerprint density at radius 2 is 2.00 bits per heavy atom. The van der Waals surface area contributed by atoms with Crippen LogP contribution in [0, 0.1) is 10.1 Å². The summed E-state index contributed by atoms with van der Waals surface area (Å²) in [6.07, 6.45) is -5.19. The lowest BCUT2D eigenvalue weighted by molar-refractivity contribution is -0.384. The highest BCUT2D eigenvalue weighted by Crippen LogP contribution is 2.36. The zero-order valence-corrected chi connectivity index (χ0v) is 9.79. The molecule has 0 atom stereocenters. The molecule has 0 fully saturated rings. The van der Waals surface area contributed by atoms with Crippen molar-refractivity contribution in [1.82, 2.24) is 0 Å². The number of nitrogens with zero attached hydrogens (tertiary/aromatic N) is 1. The minimum atomic E-state index is -5.00. The number of nitro groups is 1. The fourth-order valence-corrected chi connectivity index (χ4v) is 1.60. The Balaban J connectivity index is 3.72. The standard InChI is InChI=1S/C10H5ClF3NO4/c11-3-8(17)7-2-6(15(18)19)1-5(4-16)9(7)10(12,13)14/h1-2,4H,3H2. The van der Waals surface area contributed by atoms with Gasteiger partial charge in [-0.05, 0) is 0 Å². The van der Waals surface area contributed by atoms with E-state index >= 15 is 0 Å². The molecule has 0 saturated carbocycles. The lowest BCUT2D eigenvalue weighted by atomic mass is 9.97. The molecule has 0 unspecified atom stereocenters. The average molecular weight is 296 g/mol. The monoisotopic (exact) mass is 295 g/mol. The topological polar surface area (TPSA) is 77.3 Å². The zero-order valence-electron chi connectivity index (χ0n) is 9.03. The first-order valence-electron chi connectivity index (χ1n) is 4.66. The van der Waals surface area contributed by atoms with Crippen LogP contribution >= 0.6 is 11.6 Å². The van der Waals surface area contributed by atoms with E-state index in [1.807, 2.05) is 0 Å². The fraction of sp³-hybridized carbons (Fsp3) is 0.200. The molecular weight excluding hydrogens is 291 g/mol. The van der Waals surface area contributed by atoms with Crippen LogP contribution in [-0.2, 0) is 6.18 Å². The SMILES string of the molecule is O=Cc1cc([N+](=O)[O-])cc(C(=O)CCl)c1C(F)(F)F. The van der Waals surface area contributed by atoms with E-state index in [2.05, 4.69) is 0 Å². The summed E-state index contributed by atoms with van der Waals surface area (Å²) in [7, 11) is 0. The summed E-state index contributed by atoms with van der Waals surface area (Å²) in [6, 6.07) is 0.918. The largest absolute Gasteiger partial charge is 0.417 e. The summed E-state index contributed by atoms with van der Waals surface area (Å²) in [5, 5.41) is 10.6. The Morgan fingerprint density at radius 3 is 2.37 bits per heavy atom. The van der Waals surface area contributed by atoms with Crippen LogP contribution < -0.4 is 0 Å². The van der Waals surface area contributed by atoms with Gasteiger partial charge in [-0.1, -0.05) is 0 Å². The van der Waals surface area contributed by atoms with Gasteiger partial charge in [0.15, 0.2) is 12.1 Å². The van der Waals surface area contributed by atoms with Gasteiger partial charge in [-0.25, -0.2) is 0 Å². The summed E-state index contributed by atoms with van der Waals surface area (Å²) in [6.45, 7) is 0. The van der Waals surface area contributed by atoms with Crippen molar-refractivity contribution < 1.29 is 27.7 Å². The molecule has 0 aliphatic heterocycles. The number of rotatable bonds is 4. The van der Waals surface area contributed by atoms with Crippen molar-refractivity contribution in [3.63, 3.8) is 0 Å². The average Bonchev–Trinajstić information content (AvgIpc) is 2.34. The van der Waals surface area contributed by atoms with Gasteiger partial charge in [0.2, 0.25) is 0 Å². The molecule has 0 saturated heterocycles. The molecule has 0 aliphatic carbocycles. The van der Waals surface area contributed by atoms with Crippen LogP contribution in [0.5, 0.6) is 0 Å². The summed E-state index contributed by atoms with van der Waals surface area (Å²) >= 11 is 5.16. The maximum Gasteiger partial charge on any atom is 0.417 e. The molecule has 9 heteroatoms. The molecule has 19 heavy (non-hydrogen) atoms. The van der Waals surface area contributed by atoms with E-state index in [-0.39, 0.29) is 6.29 Å². The third kappa shape index (κ3) is 3.08. The lowest BCUT2D eigenvalue weighted by Crippen LogP contribution is -2.17. The highest BCUT2D eigenvalue weighted by Gasteiger charge is 2.39. The van der Waals surface area contributed by atoms with Gasteiger partial charge in [-0.15, -0.1) is 11.6 Å². The van der Waals surface area contributed by atoms with Gasteiger partial charge >= 0.3 is 6.18 Å². The number of nitro benzene ring substituents is 1. The van der Waals surface area contributed by atoms with Crippen LogP contribution in [0.1, 0.15) is 26.3 Å². The molecule has 0 bridgehead atoms. The molecular formula is C10H5ClF3NO4. The first kappa shape index (κ1) is 15.1. The highest BCUT2D eigenvalue weighted by molar-refractivity contribution is 6.30. The first-order valence-corrected chi connectivity index (χ1v) is 5.19. The molecule has 0 radical (unpaired) electrons. The molecule has 0 amide bonds. The first-order chi connectivity index (χ1) is 8.72. The number of hydrogen-bond donors (Lipinski definition) is 0. The number of non-ortho nitro benzene ring substituents is 1. The Hall–Kier alpha value is -1.96. The van der Waals surface area contributed by atoms with Crippen molar-refractivity contribution in [1.29, 1.82) is 0 Å². The van der Waals surface area contributed by atoms with E-state index in [1.54, 1.807) is 0 Å². The van der Waals surface area contributed by atoms with Gasteiger partial charge in [-0.2, -0.15) is 13.2 Å². The summed E-state index contributed by atoms with van der Waals surface area (Å²) in [4.78, 5) is 31.6. The van der Waals surface area contributed by atoms with Crippen molar-refractivity contribution in [2.75, 3.05) is 5.88 Å². The van der Waals surface area contributed by atoms with Crippen molar-refractivity contribution in [3.05, 3.63) is 38.9 Å². The second-order valence-corrected chi connectivity index (χ2v) is 3.65. The van der Waals surface area contributed by atoms with Crippen LogP contribution in [0.3, 0.4) is 0 Å². The number of carbonyl (C=O) groups is 2. The van der Waals surface area contributed by atoms with Gasteiger partial charge in [0.1, 0.15) is 0 Å². The third-order valence-corrected chi connectivity index (χ3v) is 2.44. The van der Waals surface area contributed by atoms with Crippen molar-refractivity contribution in [2.24, 2.45) is 0 Å². The molecule has 0 aliphatic rings. The van der Waals surface area contributed by atoms with E-state index in [0.29, 0.717) is 12.1 Å². The van der Waals surface area contributed by atoms with Crippen molar-refractivity contribution in [3.8, 4) is 0 Å². The number of aldehydes is 1. The Labute approximate surface area is 109 Å². The second kappa shape index (κ2) is 5.35. The number of ketones is 1. The predicted octanol–water partition coefficient (Wildman–Crippen LogP) is 2.85. The maximum atomic E-state index is 12.8. The van der Waals surface area contributed by atoms with Gasteiger partial charge in [0, 0.05) is 23.3 Å². The van der Waals surface area contributed by atoms with Crippen LogP contribution in [0.25, 0.3) is 0 Å². The van der Waals surface area contributed by atoms with E-state index in [9.17, 15) is 32.9 Å². The minimum Gasteiger partial charge on any atom is -0.298 e.